The van der Waals surface area contributed by atoms with Gasteiger partial charge >= 0.3 is 0 Å². The van der Waals surface area contributed by atoms with Crippen LogP contribution in [0.4, 0.5) is 11.4 Å². The number of amides is 1. The van der Waals surface area contributed by atoms with E-state index in [4.69, 9.17) is 0 Å². The highest BCUT2D eigenvalue weighted by Gasteiger charge is 2.19. The van der Waals surface area contributed by atoms with E-state index in [0.29, 0.717) is 5.78 Å². The molecule has 3 aromatic rings. The summed E-state index contributed by atoms with van der Waals surface area (Å²) in [5, 5.41) is 7.20. The molecule has 4 rings (SSSR count). The zero-order chi connectivity index (χ0) is 20.5. The van der Waals surface area contributed by atoms with Crippen molar-refractivity contribution in [3.8, 4) is 0 Å². The SMILES string of the molecule is CCN1CCN(c2ccc(NC(=O)c3nc4nc(C)cc(C)n4n3)cc2C)CC1. The molecule has 29 heavy (non-hydrogen) atoms. The summed E-state index contributed by atoms with van der Waals surface area (Å²) >= 11 is 0. The van der Waals surface area contributed by atoms with E-state index < -0.39 is 0 Å². The number of carbonyl (C=O) groups excluding carboxylic acids is 1. The Kier molecular flexibility index (Phi) is 5.19. The van der Waals surface area contributed by atoms with Gasteiger partial charge in [0.25, 0.3) is 11.7 Å². The molecule has 0 spiro atoms. The van der Waals surface area contributed by atoms with Crippen LogP contribution in [-0.2, 0) is 0 Å². The molecule has 3 heterocycles. The van der Waals surface area contributed by atoms with Crippen LogP contribution in [0, 0.1) is 20.8 Å². The molecule has 1 amide bonds. The Morgan fingerprint density at radius 3 is 2.52 bits per heavy atom. The molecule has 0 bridgehead atoms. The van der Waals surface area contributed by atoms with Gasteiger partial charge < -0.3 is 15.1 Å². The number of hydrogen-bond acceptors (Lipinski definition) is 6. The van der Waals surface area contributed by atoms with E-state index >= 15 is 0 Å². The van der Waals surface area contributed by atoms with Crippen molar-refractivity contribution in [2.24, 2.45) is 0 Å². The van der Waals surface area contributed by atoms with Gasteiger partial charge in [0.1, 0.15) is 0 Å². The lowest BCUT2D eigenvalue weighted by Crippen LogP contribution is -2.46. The first-order valence-electron chi connectivity index (χ1n) is 10.0. The Morgan fingerprint density at radius 1 is 1.07 bits per heavy atom. The standard InChI is InChI=1S/C21H27N7O/c1-5-26-8-10-27(11-9-26)18-7-6-17(12-14(18)2)23-20(29)19-24-21-22-15(3)13-16(4)28(21)25-19/h6-7,12-13H,5,8-11H2,1-4H3,(H,23,29). The Balaban J connectivity index is 1.49. The minimum Gasteiger partial charge on any atom is -0.369 e. The van der Waals surface area contributed by atoms with Crippen LogP contribution in [0.1, 0.15) is 34.5 Å². The van der Waals surface area contributed by atoms with Gasteiger partial charge in [-0.05, 0) is 57.1 Å². The number of nitrogens with one attached hydrogen (secondary N) is 1. The molecule has 8 heteroatoms. The number of nitrogens with zero attached hydrogens (tertiary/aromatic N) is 6. The van der Waals surface area contributed by atoms with Crippen LogP contribution in [0.15, 0.2) is 24.3 Å². The molecule has 1 N–H and O–H groups in total. The number of carbonyl (C=O) groups is 1. The Bertz CT molecular complexity index is 1050. The first kappa shape index (κ1) is 19.3. The van der Waals surface area contributed by atoms with Gasteiger partial charge in [0, 0.05) is 48.9 Å². The Morgan fingerprint density at radius 2 is 1.83 bits per heavy atom. The summed E-state index contributed by atoms with van der Waals surface area (Å²) in [5.74, 6) is 0.213. The first-order chi connectivity index (χ1) is 13.9. The van der Waals surface area contributed by atoms with Crippen molar-refractivity contribution in [1.29, 1.82) is 0 Å². The van der Waals surface area contributed by atoms with E-state index in [2.05, 4.69) is 50.1 Å². The summed E-state index contributed by atoms with van der Waals surface area (Å²) in [6, 6.07) is 7.93. The first-order valence-corrected chi connectivity index (χ1v) is 10.0. The average molecular weight is 393 g/mol. The lowest BCUT2D eigenvalue weighted by molar-refractivity contribution is 0.101. The third-order valence-corrected chi connectivity index (χ3v) is 5.44. The van der Waals surface area contributed by atoms with Crippen molar-refractivity contribution in [3.63, 3.8) is 0 Å². The molecule has 0 atom stereocenters. The number of hydrogen-bond donors (Lipinski definition) is 1. The highest BCUT2D eigenvalue weighted by Crippen LogP contribution is 2.25. The van der Waals surface area contributed by atoms with Gasteiger partial charge in [-0.2, -0.15) is 4.98 Å². The van der Waals surface area contributed by atoms with E-state index in [1.807, 2.05) is 32.0 Å². The number of likely N-dealkylation sites (N-methyl/N-ethyl adjacent to an activating group) is 1. The Labute approximate surface area is 170 Å². The monoisotopic (exact) mass is 393 g/mol. The van der Waals surface area contributed by atoms with Crippen molar-refractivity contribution in [2.75, 3.05) is 42.9 Å². The van der Waals surface area contributed by atoms with Crippen molar-refractivity contribution < 1.29 is 4.79 Å². The molecule has 1 fully saturated rings. The number of benzene rings is 1. The summed E-state index contributed by atoms with van der Waals surface area (Å²) < 4.78 is 1.59. The predicted molar refractivity (Wildman–Crippen MR) is 114 cm³/mol. The minimum absolute atomic E-state index is 0.114. The quantitative estimate of drug-likeness (QED) is 0.734. The van der Waals surface area contributed by atoms with Gasteiger partial charge in [-0.15, -0.1) is 5.10 Å². The molecule has 2 aromatic heterocycles. The van der Waals surface area contributed by atoms with Gasteiger partial charge in [0.2, 0.25) is 5.82 Å². The highest BCUT2D eigenvalue weighted by atomic mass is 16.2. The zero-order valence-corrected chi connectivity index (χ0v) is 17.4. The predicted octanol–water partition coefficient (Wildman–Crippen LogP) is 2.44. The van der Waals surface area contributed by atoms with E-state index in [-0.39, 0.29) is 11.7 Å². The maximum Gasteiger partial charge on any atom is 0.295 e. The number of rotatable bonds is 4. The second kappa shape index (κ2) is 7.79. The molecule has 1 saturated heterocycles. The highest BCUT2D eigenvalue weighted by molar-refractivity contribution is 6.02. The largest absolute Gasteiger partial charge is 0.369 e. The van der Waals surface area contributed by atoms with E-state index in [9.17, 15) is 4.79 Å². The third kappa shape index (κ3) is 3.93. The van der Waals surface area contributed by atoms with Gasteiger partial charge in [-0.3, -0.25) is 4.79 Å². The molecular weight excluding hydrogens is 366 g/mol. The number of piperazine rings is 1. The fraction of sp³-hybridized carbons (Fsp3) is 0.429. The van der Waals surface area contributed by atoms with Gasteiger partial charge in [-0.25, -0.2) is 9.50 Å². The summed E-state index contributed by atoms with van der Waals surface area (Å²) in [4.78, 5) is 26.1. The molecule has 0 unspecified atom stereocenters. The molecule has 1 aliphatic rings. The maximum absolute atomic E-state index is 12.7. The van der Waals surface area contributed by atoms with E-state index in [1.54, 1.807) is 4.52 Å². The lowest BCUT2D eigenvalue weighted by Gasteiger charge is -2.36. The topological polar surface area (TPSA) is 78.7 Å². The average Bonchev–Trinajstić information content (AvgIpc) is 3.13. The van der Waals surface area contributed by atoms with Crippen LogP contribution in [0.5, 0.6) is 0 Å². The molecule has 0 saturated carbocycles. The second-order valence-electron chi connectivity index (χ2n) is 7.56. The van der Waals surface area contributed by atoms with Crippen molar-refractivity contribution in [3.05, 3.63) is 47.0 Å². The van der Waals surface area contributed by atoms with Gasteiger partial charge in [0.15, 0.2) is 0 Å². The third-order valence-electron chi connectivity index (χ3n) is 5.44. The smallest absolute Gasteiger partial charge is 0.295 e. The summed E-state index contributed by atoms with van der Waals surface area (Å²) in [7, 11) is 0. The van der Waals surface area contributed by atoms with Crippen LogP contribution in [0.25, 0.3) is 5.78 Å². The maximum atomic E-state index is 12.7. The van der Waals surface area contributed by atoms with Crippen molar-refractivity contribution in [2.45, 2.75) is 27.7 Å². The Hall–Kier alpha value is -3.00. The van der Waals surface area contributed by atoms with E-state index in [1.165, 1.54) is 5.69 Å². The molecule has 0 aliphatic carbocycles. The number of anilines is 2. The number of fused-ring (bicyclic) bond motifs is 1. The molecule has 152 valence electrons. The van der Waals surface area contributed by atoms with E-state index in [0.717, 1.165) is 55.4 Å². The van der Waals surface area contributed by atoms with Crippen molar-refractivity contribution in [1.82, 2.24) is 24.5 Å². The number of aromatic nitrogens is 4. The molecule has 1 aliphatic heterocycles. The fourth-order valence-corrected chi connectivity index (χ4v) is 3.84. The minimum atomic E-state index is -0.337. The van der Waals surface area contributed by atoms with Crippen LogP contribution in [0.3, 0.4) is 0 Å². The summed E-state index contributed by atoms with van der Waals surface area (Å²) in [6.07, 6.45) is 0. The van der Waals surface area contributed by atoms with Gasteiger partial charge in [0.05, 0.1) is 0 Å². The molecule has 1 aromatic carbocycles. The van der Waals surface area contributed by atoms with Crippen molar-refractivity contribution >= 4 is 23.1 Å². The van der Waals surface area contributed by atoms with Crippen LogP contribution >= 0.6 is 0 Å². The lowest BCUT2D eigenvalue weighted by atomic mass is 10.1. The number of aryl methyl sites for hydroxylation is 3. The van der Waals surface area contributed by atoms with Gasteiger partial charge in [-0.1, -0.05) is 6.92 Å². The second-order valence-corrected chi connectivity index (χ2v) is 7.56. The molecular formula is C21H27N7O. The normalized spacial score (nSPS) is 15.1. The van der Waals surface area contributed by atoms with Crippen LogP contribution in [-0.4, -0.2) is 63.1 Å². The molecule has 0 radical (unpaired) electrons. The summed E-state index contributed by atoms with van der Waals surface area (Å²) in [6.45, 7) is 13.4. The molecule has 8 nitrogen and oxygen atoms in total. The zero-order valence-electron chi connectivity index (χ0n) is 17.4. The summed E-state index contributed by atoms with van der Waals surface area (Å²) in [5.41, 5.74) is 4.84. The van der Waals surface area contributed by atoms with Crippen LogP contribution < -0.4 is 10.2 Å². The fourth-order valence-electron chi connectivity index (χ4n) is 3.84. The van der Waals surface area contributed by atoms with Crippen LogP contribution in [0.2, 0.25) is 0 Å².